The molecule has 0 bridgehead atoms. The number of amides is 1. The third-order valence-electron chi connectivity index (χ3n) is 4.71. The molecule has 0 spiro atoms. The highest BCUT2D eigenvalue weighted by Crippen LogP contribution is 2.39. The van der Waals surface area contributed by atoms with Crippen molar-refractivity contribution in [2.75, 3.05) is 26.4 Å². The molecule has 1 aliphatic heterocycles. The maximum absolute atomic E-state index is 13.0. The molecule has 0 aliphatic carbocycles. The molecule has 0 saturated heterocycles. The fourth-order valence-corrected chi connectivity index (χ4v) is 3.95. The molecule has 7 heteroatoms. The topological polar surface area (TPSA) is 87.1 Å². The summed E-state index contributed by atoms with van der Waals surface area (Å²) in [5.74, 6) is -1.44. The first-order chi connectivity index (χ1) is 13.6. The second kappa shape index (κ2) is 9.14. The highest BCUT2D eigenvalue weighted by Gasteiger charge is 2.43. The van der Waals surface area contributed by atoms with Crippen LogP contribution in [0.1, 0.15) is 33.8 Å². The van der Waals surface area contributed by atoms with E-state index in [4.69, 9.17) is 9.84 Å². The molecular weight excluding hydrogens is 378 g/mol. The van der Waals surface area contributed by atoms with Crippen LogP contribution < -0.4 is 0 Å². The van der Waals surface area contributed by atoms with E-state index >= 15 is 0 Å². The van der Waals surface area contributed by atoms with Crippen LogP contribution >= 0.6 is 11.3 Å². The number of aliphatic hydroxyl groups excluding tert-OH is 2. The summed E-state index contributed by atoms with van der Waals surface area (Å²) < 4.78 is 5.29. The Hall–Kier alpha value is -2.48. The lowest BCUT2D eigenvalue weighted by atomic mass is 9.94. The summed E-state index contributed by atoms with van der Waals surface area (Å²) in [6.07, 6.45) is 0.880. The van der Waals surface area contributed by atoms with E-state index in [0.717, 1.165) is 17.5 Å². The number of ether oxygens (including phenoxy) is 1. The lowest BCUT2D eigenvalue weighted by molar-refractivity contribution is -0.130. The number of carbonyl (C=O) groups excluding carboxylic acids is 2. The number of hydrogen-bond acceptors (Lipinski definition) is 6. The van der Waals surface area contributed by atoms with Crippen LogP contribution in [0.15, 0.2) is 53.1 Å². The zero-order valence-electron chi connectivity index (χ0n) is 15.6. The number of ketones is 1. The van der Waals surface area contributed by atoms with Gasteiger partial charge in [-0.15, -0.1) is 11.3 Å². The van der Waals surface area contributed by atoms with E-state index in [1.165, 1.54) is 16.2 Å². The van der Waals surface area contributed by atoms with Crippen LogP contribution in [-0.4, -0.2) is 53.2 Å². The molecule has 6 nitrogen and oxygen atoms in total. The highest BCUT2D eigenvalue weighted by molar-refractivity contribution is 7.12. The Labute approximate surface area is 167 Å². The van der Waals surface area contributed by atoms with Crippen molar-refractivity contribution in [2.45, 2.75) is 19.4 Å². The van der Waals surface area contributed by atoms with Crippen LogP contribution in [-0.2, 0) is 16.0 Å². The van der Waals surface area contributed by atoms with Crippen molar-refractivity contribution in [1.82, 2.24) is 4.90 Å². The Bertz CT molecular complexity index is 857. The summed E-state index contributed by atoms with van der Waals surface area (Å²) in [5, 5.41) is 21.2. The van der Waals surface area contributed by atoms with Crippen molar-refractivity contribution < 1.29 is 24.5 Å². The number of nitrogens with zero attached hydrogens (tertiary/aromatic N) is 1. The number of thiophene rings is 1. The number of rotatable bonds is 9. The predicted octanol–water partition coefficient (Wildman–Crippen LogP) is 2.90. The van der Waals surface area contributed by atoms with Crippen LogP contribution in [0.2, 0.25) is 0 Å². The van der Waals surface area contributed by atoms with Crippen LogP contribution in [0.25, 0.3) is 0 Å². The van der Waals surface area contributed by atoms with Gasteiger partial charge in [0.1, 0.15) is 0 Å². The molecule has 3 rings (SSSR count). The molecule has 28 heavy (non-hydrogen) atoms. The molecule has 1 aliphatic rings. The van der Waals surface area contributed by atoms with E-state index in [0.29, 0.717) is 4.88 Å². The molecule has 1 atom stereocenters. The summed E-state index contributed by atoms with van der Waals surface area (Å²) in [6.45, 7) is 2.50. The first-order valence-corrected chi connectivity index (χ1v) is 10.1. The van der Waals surface area contributed by atoms with E-state index in [9.17, 15) is 14.7 Å². The molecule has 0 unspecified atom stereocenters. The molecule has 1 aromatic heterocycles. The predicted molar refractivity (Wildman–Crippen MR) is 106 cm³/mol. The van der Waals surface area contributed by atoms with Gasteiger partial charge in [0.15, 0.2) is 5.76 Å². The Balaban J connectivity index is 1.96. The van der Waals surface area contributed by atoms with Crippen LogP contribution in [0, 0.1) is 0 Å². The molecule has 1 aromatic carbocycles. The van der Waals surface area contributed by atoms with Gasteiger partial charge in [0.2, 0.25) is 5.78 Å². The van der Waals surface area contributed by atoms with Gasteiger partial charge in [0.05, 0.1) is 36.3 Å². The number of aliphatic hydroxyl groups is 2. The normalized spacial score (nSPS) is 16.9. The van der Waals surface area contributed by atoms with E-state index in [-0.39, 0.29) is 37.7 Å². The zero-order valence-corrected chi connectivity index (χ0v) is 16.4. The molecule has 0 fully saturated rings. The maximum atomic E-state index is 13.0. The van der Waals surface area contributed by atoms with Gasteiger partial charge in [0.25, 0.3) is 5.91 Å². The van der Waals surface area contributed by atoms with Gasteiger partial charge in [0, 0.05) is 6.54 Å². The monoisotopic (exact) mass is 401 g/mol. The van der Waals surface area contributed by atoms with E-state index in [2.05, 4.69) is 6.92 Å². The smallest absolute Gasteiger partial charge is 0.290 e. The van der Waals surface area contributed by atoms with E-state index in [1.807, 2.05) is 24.3 Å². The SMILES string of the molecule is CCc1ccc([C@H]2C(C(=O)c3cccs3)=C(O)C(=O)N2CCOCCO)cc1. The molecule has 2 N–H and O–H groups in total. The van der Waals surface area contributed by atoms with Gasteiger partial charge in [-0.05, 0) is 29.0 Å². The number of hydrogen-bond donors (Lipinski definition) is 2. The van der Waals surface area contributed by atoms with Crippen molar-refractivity contribution in [3.8, 4) is 0 Å². The first-order valence-electron chi connectivity index (χ1n) is 9.18. The van der Waals surface area contributed by atoms with Crippen LogP contribution in [0.5, 0.6) is 0 Å². The third kappa shape index (κ3) is 4.01. The number of carbonyl (C=O) groups is 2. The fraction of sp³-hybridized carbons (Fsp3) is 0.333. The lowest BCUT2D eigenvalue weighted by Gasteiger charge is -2.26. The van der Waals surface area contributed by atoms with Crippen molar-refractivity contribution in [3.05, 3.63) is 69.1 Å². The average Bonchev–Trinajstić information content (AvgIpc) is 3.33. The van der Waals surface area contributed by atoms with Gasteiger partial charge < -0.3 is 19.8 Å². The summed E-state index contributed by atoms with van der Waals surface area (Å²) >= 11 is 1.27. The van der Waals surface area contributed by atoms with E-state index < -0.39 is 17.7 Å². The van der Waals surface area contributed by atoms with Gasteiger partial charge >= 0.3 is 0 Å². The standard InChI is InChI=1S/C21H23NO5S/c1-2-14-5-7-15(8-6-14)18-17(19(24)16-4-3-13-28-16)20(25)21(26)22(18)9-11-27-12-10-23/h3-8,13,18,23,25H,2,9-12H2,1H3/t18-/m0/s1. The number of aryl methyl sites for hydroxylation is 1. The maximum Gasteiger partial charge on any atom is 0.290 e. The van der Waals surface area contributed by atoms with Crippen molar-refractivity contribution in [2.24, 2.45) is 0 Å². The summed E-state index contributed by atoms with van der Waals surface area (Å²) in [5.41, 5.74) is 2.00. The van der Waals surface area contributed by atoms with Gasteiger partial charge in [-0.3, -0.25) is 9.59 Å². The van der Waals surface area contributed by atoms with Gasteiger partial charge in [-0.25, -0.2) is 0 Å². The lowest BCUT2D eigenvalue weighted by Crippen LogP contribution is -2.34. The van der Waals surface area contributed by atoms with Crippen LogP contribution in [0.3, 0.4) is 0 Å². The van der Waals surface area contributed by atoms with E-state index in [1.54, 1.807) is 17.5 Å². The molecular formula is C21H23NO5S. The molecule has 2 heterocycles. The number of benzene rings is 1. The molecule has 148 valence electrons. The zero-order chi connectivity index (χ0) is 20.1. The molecule has 2 aromatic rings. The average molecular weight is 401 g/mol. The molecule has 0 radical (unpaired) electrons. The van der Waals surface area contributed by atoms with Crippen LogP contribution in [0.4, 0.5) is 0 Å². The fourth-order valence-electron chi connectivity index (χ4n) is 3.27. The van der Waals surface area contributed by atoms with Gasteiger partial charge in [-0.2, -0.15) is 0 Å². The number of Topliss-reactive ketones (excluding diaryl/α,β-unsaturated/α-hetero) is 1. The Kier molecular flexibility index (Phi) is 6.61. The Morgan fingerprint density at radius 3 is 2.57 bits per heavy atom. The second-order valence-electron chi connectivity index (χ2n) is 6.40. The quantitative estimate of drug-likeness (QED) is 0.498. The summed E-state index contributed by atoms with van der Waals surface area (Å²) in [7, 11) is 0. The molecule has 0 saturated carbocycles. The minimum atomic E-state index is -0.675. The largest absolute Gasteiger partial charge is 0.503 e. The van der Waals surface area contributed by atoms with Gasteiger partial charge in [-0.1, -0.05) is 37.3 Å². The minimum Gasteiger partial charge on any atom is -0.503 e. The Morgan fingerprint density at radius 2 is 1.96 bits per heavy atom. The highest BCUT2D eigenvalue weighted by atomic mass is 32.1. The third-order valence-corrected chi connectivity index (χ3v) is 5.58. The first kappa shape index (κ1) is 20.3. The summed E-state index contributed by atoms with van der Waals surface area (Å²) in [6, 6.07) is 10.5. The molecule has 1 amide bonds. The van der Waals surface area contributed by atoms with Crippen molar-refractivity contribution in [1.29, 1.82) is 0 Å². The van der Waals surface area contributed by atoms with Crippen molar-refractivity contribution >= 4 is 23.0 Å². The minimum absolute atomic E-state index is 0.0962. The van der Waals surface area contributed by atoms with Crippen molar-refractivity contribution in [3.63, 3.8) is 0 Å². The second-order valence-corrected chi connectivity index (χ2v) is 7.35. The Morgan fingerprint density at radius 1 is 1.21 bits per heavy atom. The summed E-state index contributed by atoms with van der Waals surface area (Å²) in [4.78, 5) is 27.7.